The number of rotatable bonds is 6. The molecule has 174 valence electrons. The fourth-order valence-corrected chi connectivity index (χ4v) is 3.46. The molecule has 0 aliphatic rings. The number of aromatic nitrogens is 4. The van der Waals surface area contributed by atoms with Crippen LogP contribution in [0.4, 0.5) is 20.6 Å². The Bertz CT molecular complexity index is 1450. The second kappa shape index (κ2) is 9.78. The number of urea groups is 1. The van der Waals surface area contributed by atoms with Crippen molar-refractivity contribution in [1.82, 2.24) is 19.7 Å². The van der Waals surface area contributed by atoms with E-state index in [-0.39, 0.29) is 17.7 Å². The number of imidazole rings is 1. The summed E-state index contributed by atoms with van der Waals surface area (Å²) in [5.41, 5.74) is 3.49. The van der Waals surface area contributed by atoms with Gasteiger partial charge in [-0.3, -0.25) is 0 Å². The first-order valence-corrected chi connectivity index (χ1v) is 10.9. The van der Waals surface area contributed by atoms with Crippen LogP contribution in [0.25, 0.3) is 23.0 Å². The smallest absolute Gasteiger partial charge is 0.323 e. The summed E-state index contributed by atoms with van der Waals surface area (Å²) >= 11 is 5.86. The fraction of sp³-hybridized carbons (Fsp3) is 0.0400. The first-order valence-electron chi connectivity index (χ1n) is 10.6. The lowest BCUT2D eigenvalue weighted by Gasteiger charge is -2.09. The highest BCUT2D eigenvalue weighted by atomic mass is 35.5. The average Bonchev–Trinajstić information content (AvgIpc) is 3.52. The molecule has 5 aromatic rings. The Kier molecular flexibility index (Phi) is 6.23. The summed E-state index contributed by atoms with van der Waals surface area (Å²) in [5, 5.41) is 10.1. The first kappa shape index (κ1) is 22.3. The van der Waals surface area contributed by atoms with Gasteiger partial charge in [-0.2, -0.15) is 4.98 Å². The highest BCUT2D eigenvalue weighted by Crippen LogP contribution is 2.22. The van der Waals surface area contributed by atoms with E-state index < -0.39 is 0 Å². The summed E-state index contributed by atoms with van der Waals surface area (Å²) < 4.78 is 20.3. The third-order valence-corrected chi connectivity index (χ3v) is 5.31. The number of nitrogens with zero attached hydrogens (tertiary/aromatic N) is 4. The van der Waals surface area contributed by atoms with E-state index in [1.807, 2.05) is 28.8 Å². The van der Waals surface area contributed by atoms with Crippen molar-refractivity contribution >= 4 is 29.0 Å². The molecule has 0 bridgehead atoms. The van der Waals surface area contributed by atoms with Gasteiger partial charge in [0, 0.05) is 34.7 Å². The van der Waals surface area contributed by atoms with Crippen molar-refractivity contribution in [1.29, 1.82) is 0 Å². The number of nitrogens with one attached hydrogen (secondary N) is 2. The first-order chi connectivity index (χ1) is 17.0. The van der Waals surface area contributed by atoms with Gasteiger partial charge in [-0.15, -0.1) is 0 Å². The van der Waals surface area contributed by atoms with Gasteiger partial charge in [-0.25, -0.2) is 14.2 Å². The number of halogens is 2. The minimum atomic E-state index is -0.348. The highest BCUT2D eigenvalue weighted by Gasteiger charge is 2.13. The molecule has 2 amide bonds. The van der Waals surface area contributed by atoms with Crippen LogP contribution < -0.4 is 10.6 Å². The summed E-state index contributed by atoms with van der Waals surface area (Å²) in [6.45, 7) is 0.559. The van der Waals surface area contributed by atoms with Gasteiger partial charge in [-0.05, 0) is 66.2 Å². The molecule has 35 heavy (non-hydrogen) atoms. The highest BCUT2D eigenvalue weighted by molar-refractivity contribution is 6.30. The number of carbonyl (C=O) groups is 1. The van der Waals surface area contributed by atoms with Crippen LogP contribution >= 0.6 is 11.6 Å². The van der Waals surface area contributed by atoms with E-state index in [9.17, 15) is 9.18 Å². The lowest BCUT2D eigenvalue weighted by atomic mass is 10.2. The van der Waals surface area contributed by atoms with Crippen LogP contribution in [0.15, 0.2) is 89.8 Å². The Morgan fingerprint density at radius 1 is 0.943 bits per heavy atom. The summed E-state index contributed by atoms with van der Waals surface area (Å²) in [6.07, 6.45) is 3.47. The predicted octanol–water partition coefficient (Wildman–Crippen LogP) is 6.08. The van der Waals surface area contributed by atoms with Crippen LogP contribution in [-0.2, 0) is 6.54 Å². The lowest BCUT2D eigenvalue weighted by Crippen LogP contribution is -2.19. The molecule has 8 nitrogen and oxygen atoms in total. The van der Waals surface area contributed by atoms with E-state index in [2.05, 4.69) is 25.8 Å². The fourth-order valence-electron chi connectivity index (χ4n) is 3.33. The second-order valence-electron chi connectivity index (χ2n) is 7.64. The zero-order valence-electron chi connectivity index (χ0n) is 18.2. The van der Waals surface area contributed by atoms with Crippen LogP contribution in [0, 0.1) is 5.82 Å². The van der Waals surface area contributed by atoms with Gasteiger partial charge < -0.3 is 19.7 Å². The molecule has 2 aromatic heterocycles. The topological polar surface area (TPSA) is 97.9 Å². The van der Waals surface area contributed by atoms with Gasteiger partial charge in [0.05, 0.1) is 6.33 Å². The van der Waals surface area contributed by atoms with Crippen molar-refractivity contribution in [3.8, 4) is 23.0 Å². The van der Waals surface area contributed by atoms with E-state index >= 15 is 0 Å². The molecule has 3 aromatic carbocycles. The normalized spacial score (nSPS) is 10.8. The van der Waals surface area contributed by atoms with E-state index in [1.165, 1.54) is 12.1 Å². The molecule has 0 fully saturated rings. The minimum absolute atomic E-state index is 0.273. The molecular weight excluding hydrogens is 471 g/mol. The summed E-state index contributed by atoms with van der Waals surface area (Å²) in [6, 6.07) is 19.8. The molecule has 0 unspecified atom stereocenters. The van der Waals surface area contributed by atoms with Gasteiger partial charge in [0.1, 0.15) is 11.5 Å². The monoisotopic (exact) mass is 488 g/mol. The van der Waals surface area contributed by atoms with E-state index in [1.54, 1.807) is 48.9 Å². The minimum Gasteiger partial charge on any atom is -0.332 e. The maximum atomic E-state index is 13.1. The number of carbonyl (C=O) groups excluding carboxylic acids is 1. The number of amides is 2. The van der Waals surface area contributed by atoms with E-state index in [4.69, 9.17) is 16.1 Å². The largest absolute Gasteiger partial charge is 0.332 e. The third kappa shape index (κ3) is 5.53. The Labute approximate surface area is 204 Å². The van der Waals surface area contributed by atoms with E-state index in [0.29, 0.717) is 40.0 Å². The van der Waals surface area contributed by atoms with Gasteiger partial charge in [-0.1, -0.05) is 28.9 Å². The Balaban J connectivity index is 1.19. The standard InChI is InChI=1S/C25H18ClFN6O2/c26-18-5-11-21(12-6-18)30-25(34)29-20-9-1-16(2-10-20)13-33-14-22(28-15-33)24-31-23(32-35-24)17-3-7-19(27)8-4-17/h1-12,14-15H,13H2,(H2,29,30,34). The number of benzene rings is 3. The molecule has 10 heteroatoms. The van der Waals surface area contributed by atoms with Crippen molar-refractivity contribution in [3.63, 3.8) is 0 Å². The maximum absolute atomic E-state index is 13.1. The predicted molar refractivity (Wildman–Crippen MR) is 131 cm³/mol. The van der Waals surface area contributed by atoms with Gasteiger partial charge in [0.15, 0.2) is 0 Å². The molecule has 0 saturated heterocycles. The van der Waals surface area contributed by atoms with Crippen LogP contribution in [0.1, 0.15) is 5.56 Å². The van der Waals surface area contributed by atoms with Crippen LogP contribution in [0.2, 0.25) is 5.02 Å². The second-order valence-corrected chi connectivity index (χ2v) is 8.08. The van der Waals surface area contributed by atoms with Crippen LogP contribution in [-0.4, -0.2) is 25.7 Å². The molecule has 0 atom stereocenters. The van der Waals surface area contributed by atoms with Gasteiger partial charge in [0.25, 0.3) is 5.89 Å². The quantitative estimate of drug-likeness (QED) is 0.301. The van der Waals surface area contributed by atoms with Crippen LogP contribution in [0.3, 0.4) is 0 Å². The summed E-state index contributed by atoms with van der Waals surface area (Å²) in [5.74, 6) is 0.299. The molecule has 0 spiro atoms. The molecule has 0 saturated carbocycles. The Morgan fingerprint density at radius 3 is 2.29 bits per heavy atom. The number of hydrogen-bond donors (Lipinski definition) is 2. The van der Waals surface area contributed by atoms with Crippen molar-refractivity contribution in [2.24, 2.45) is 0 Å². The summed E-state index contributed by atoms with van der Waals surface area (Å²) in [7, 11) is 0. The van der Waals surface area contributed by atoms with E-state index in [0.717, 1.165) is 5.56 Å². The molecule has 0 aliphatic heterocycles. The lowest BCUT2D eigenvalue weighted by molar-refractivity contribution is 0.262. The third-order valence-electron chi connectivity index (χ3n) is 5.06. The number of hydrogen-bond acceptors (Lipinski definition) is 5. The molecular formula is C25H18ClFN6O2. The number of anilines is 2. The molecule has 0 aliphatic carbocycles. The SMILES string of the molecule is O=C(Nc1ccc(Cl)cc1)Nc1ccc(Cn2cnc(-c3nc(-c4ccc(F)cc4)no3)c2)cc1. The van der Waals surface area contributed by atoms with Crippen molar-refractivity contribution in [3.05, 3.63) is 102 Å². The van der Waals surface area contributed by atoms with Gasteiger partial charge in [0.2, 0.25) is 5.82 Å². The maximum Gasteiger partial charge on any atom is 0.323 e. The van der Waals surface area contributed by atoms with Crippen molar-refractivity contribution < 1.29 is 13.7 Å². The molecule has 2 heterocycles. The van der Waals surface area contributed by atoms with Crippen molar-refractivity contribution in [2.45, 2.75) is 6.54 Å². The zero-order chi connectivity index (χ0) is 24.2. The molecule has 2 N–H and O–H groups in total. The van der Waals surface area contributed by atoms with Gasteiger partial charge >= 0.3 is 6.03 Å². The zero-order valence-corrected chi connectivity index (χ0v) is 18.9. The molecule has 0 radical (unpaired) electrons. The average molecular weight is 489 g/mol. The Morgan fingerprint density at radius 2 is 1.60 bits per heavy atom. The van der Waals surface area contributed by atoms with Crippen LogP contribution in [0.5, 0.6) is 0 Å². The molecule has 5 rings (SSSR count). The Hall–Kier alpha value is -4.50. The van der Waals surface area contributed by atoms with Crippen molar-refractivity contribution in [2.75, 3.05) is 10.6 Å². The summed E-state index contributed by atoms with van der Waals surface area (Å²) in [4.78, 5) is 20.9.